The minimum Gasteiger partial charge on any atom is -0.330 e. The maximum Gasteiger partial charge on any atom is 0.184 e. The lowest BCUT2D eigenvalue weighted by Crippen LogP contribution is -2.06. The fraction of sp³-hybridized carbons (Fsp3) is 0.200. The van der Waals surface area contributed by atoms with Gasteiger partial charge in [0.05, 0.1) is 17.8 Å². The summed E-state index contributed by atoms with van der Waals surface area (Å²) in [6, 6.07) is 6.40. The summed E-state index contributed by atoms with van der Waals surface area (Å²) < 4.78 is 29.4. The maximum atomic E-state index is 14.1. The average molecular weight is 305 g/mol. The highest BCUT2D eigenvalue weighted by atomic mass is 32.1. The number of rotatable bonds is 3. The van der Waals surface area contributed by atoms with Crippen LogP contribution in [0.5, 0.6) is 0 Å². The van der Waals surface area contributed by atoms with Gasteiger partial charge in [0.2, 0.25) is 0 Å². The molecule has 0 radical (unpaired) electrons. The fourth-order valence-corrected chi connectivity index (χ4v) is 2.69. The minimum absolute atomic E-state index is 0.146. The van der Waals surface area contributed by atoms with Crippen LogP contribution < -0.4 is 0 Å². The van der Waals surface area contributed by atoms with Gasteiger partial charge in [-0.2, -0.15) is 0 Å². The molecule has 1 N–H and O–H groups in total. The molecule has 1 aromatic carbocycles. The van der Waals surface area contributed by atoms with Crippen LogP contribution in [0.1, 0.15) is 18.2 Å². The Morgan fingerprint density at radius 3 is 2.86 bits per heavy atom. The first-order valence-electron chi connectivity index (χ1n) is 6.61. The van der Waals surface area contributed by atoms with E-state index in [0.29, 0.717) is 16.8 Å². The summed E-state index contributed by atoms with van der Waals surface area (Å²) in [5.41, 5.74) is 2.49. The fourth-order valence-electron chi connectivity index (χ4n) is 2.43. The summed E-state index contributed by atoms with van der Waals surface area (Å²) >= 11 is 5.23. The Kier molecular flexibility index (Phi) is 3.55. The Balaban J connectivity index is 2.19. The zero-order valence-corrected chi connectivity index (χ0v) is 12.2. The number of nitrogens with one attached hydrogen (secondary N) is 1. The third-order valence-electron chi connectivity index (χ3n) is 3.50. The first-order chi connectivity index (χ1) is 10.1. The van der Waals surface area contributed by atoms with Gasteiger partial charge < -0.3 is 9.55 Å². The lowest BCUT2D eigenvalue weighted by atomic mass is 10.1. The molecule has 3 rings (SSSR count). The van der Waals surface area contributed by atoms with Crippen LogP contribution in [0.15, 0.2) is 30.5 Å². The van der Waals surface area contributed by atoms with Gasteiger partial charge in [0.1, 0.15) is 5.52 Å². The van der Waals surface area contributed by atoms with Gasteiger partial charge in [-0.3, -0.25) is 4.98 Å². The first-order valence-corrected chi connectivity index (χ1v) is 7.02. The Morgan fingerprint density at radius 2 is 2.10 bits per heavy atom. The molecule has 21 heavy (non-hydrogen) atoms. The van der Waals surface area contributed by atoms with Gasteiger partial charge in [-0.25, -0.2) is 8.78 Å². The minimum atomic E-state index is -0.895. The molecule has 0 saturated heterocycles. The normalized spacial score (nSPS) is 11.2. The molecule has 108 valence electrons. The second kappa shape index (κ2) is 5.37. The van der Waals surface area contributed by atoms with E-state index in [-0.39, 0.29) is 5.52 Å². The van der Waals surface area contributed by atoms with E-state index in [9.17, 15) is 8.78 Å². The van der Waals surface area contributed by atoms with Gasteiger partial charge in [-0.15, -0.1) is 0 Å². The van der Waals surface area contributed by atoms with Crippen LogP contribution >= 0.6 is 12.2 Å². The Bertz CT molecular complexity index is 867. The number of aromatic amines is 1. The number of fused-ring (bicyclic) bond motifs is 1. The van der Waals surface area contributed by atoms with Gasteiger partial charge >= 0.3 is 0 Å². The molecule has 3 aromatic rings. The Morgan fingerprint density at radius 1 is 1.29 bits per heavy atom. The van der Waals surface area contributed by atoms with E-state index in [4.69, 9.17) is 12.2 Å². The molecule has 0 fully saturated rings. The van der Waals surface area contributed by atoms with Crippen LogP contribution in [0.3, 0.4) is 0 Å². The molecular formula is C15H13F2N3S. The summed E-state index contributed by atoms with van der Waals surface area (Å²) in [6.45, 7) is 2.33. The zero-order chi connectivity index (χ0) is 15.0. The first kappa shape index (κ1) is 13.9. The van der Waals surface area contributed by atoms with Crippen LogP contribution in [-0.2, 0) is 13.0 Å². The summed E-state index contributed by atoms with van der Waals surface area (Å²) in [5, 5.41) is 0. The van der Waals surface area contributed by atoms with Crippen LogP contribution in [-0.4, -0.2) is 14.5 Å². The predicted molar refractivity (Wildman–Crippen MR) is 79.8 cm³/mol. The number of H-pyrrole nitrogens is 1. The molecule has 0 aliphatic heterocycles. The third-order valence-corrected chi connectivity index (χ3v) is 3.82. The van der Waals surface area contributed by atoms with Crippen molar-refractivity contribution < 1.29 is 8.78 Å². The molecule has 0 amide bonds. The molecule has 0 aliphatic rings. The average Bonchev–Trinajstić information content (AvgIpc) is 2.80. The van der Waals surface area contributed by atoms with Crippen molar-refractivity contribution in [3.8, 4) is 0 Å². The van der Waals surface area contributed by atoms with Crippen molar-refractivity contribution in [1.29, 1.82) is 0 Å². The highest BCUT2D eigenvalue weighted by Gasteiger charge is 2.15. The summed E-state index contributed by atoms with van der Waals surface area (Å²) in [7, 11) is 0. The molecule has 0 unspecified atom stereocenters. The standard InChI is InChI=1S/C15H13F2N3S/c1-2-9-4-3-7-18-12(9)8-20-14-11(19-15(20)21)6-5-10(16)13(14)17/h3-7H,2,8H2,1H3,(H,19,21). The molecular weight excluding hydrogens is 292 g/mol. The molecule has 0 spiro atoms. The molecule has 6 heteroatoms. The molecule has 0 saturated carbocycles. The Labute approximate surface area is 125 Å². The molecule has 0 bridgehead atoms. The van der Waals surface area contributed by atoms with Crippen molar-refractivity contribution in [3.63, 3.8) is 0 Å². The van der Waals surface area contributed by atoms with Gasteiger partial charge in [0, 0.05) is 6.20 Å². The monoisotopic (exact) mass is 305 g/mol. The lowest BCUT2D eigenvalue weighted by Gasteiger charge is -2.09. The summed E-state index contributed by atoms with van der Waals surface area (Å²) in [5.74, 6) is -1.78. The van der Waals surface area contributed by atoms with E-state index in [1.54, 1.807) is 10.8 Å². The predicted octanol–water partition coefficient (Wildman–Crippen LogP) is 3.98. The van der Waals surface area contributed by atoms with E-state index in [1.807, 2.05) is 19.1 Å². The van der Waals surface area contributed by atoms with Gasteiger partial charge in [-0.05, 0) is 42.4 Å². The number of hydrogen-bond acceptors (Lipinski definition) is 2. The van der Waals surface area contributed by atoms with E-state index < -0.39 is 11.6 Å². The van der Waals surface area contributed by atoms with Crippen molar-refractivity contribution in [1.82, 2.24) is 14.5 Å². The third kappa shape index (κ3) is 2.35. The Hall–Kier alpha value is -2.08. The van der Waals surface area contributed by atoms with Crippen LogP contribution in [0, 0.1) is 16.4 Å². The highest BCUT2D eigenvalue weighted by Crippen LogP contribution is 2.22. The molecule has 0 atom stereocenters. The molecule has 3 nitrogen and oxygen atoms in total. The smallest absolute Gasteiger partial charge is 0.184 e. The van der Waals surface area contributed by atoms with Gasteiger partial charge in [-0.1, -0.05) is 13.0 Å². The maximum absolute atomic E-state index is 14.1. The van der Waals surface area contributed by atoms with Crippen LogP contribution in [0.4, 0.5) is 8.78 Å². The van der Waals surface area contributed by atoms with Gasteiger partial charge in [0.15, 0.2) is 16.4 Å². The second-order valence-electron chi connectivity index (χ2n) is 4.74. The van der Waals surface area contributed by atoms with Crippen LogP contribution in [0.25, 0.3) is 11.0 Å². The van der Waals surface area contributed by atoms with E-state index in [2.05, 4.69) is 9.97 Å². The lowest BCUT2D eigenvalue weighted by molar-refractivity contribution is 0.512. The largest absolute Gasteiger partial charge is 0.330 e. The SMILES string of the molecule is CCc1cccnc1Cn1c(=S)[nH]c2ccc(F)c(F)c21. The van der Waals surface area contributed by atoms with E-state index in [0.717, 1.165) is 23.7 Å². The highest BCUT2D eigenvalue weighted by molar-refractivity contribution is 7.71. The van der Waals surface area contributed by atoms with Crippen molar-refractivity contribution in [2.24, 2.45) is 0 Å². The molecule has 2 aromatic heterocycles. The second-order valence-corrected chi connectivity index (χ2v) is 5.12. The topological polar surface area (TPSA) is 33.6 Å². The number of halogens is 2. The number of pyridine rings is 1. The summed E-state index contributed by atoms with van der Waals surface area (Å²) in [4.78, 5) is 7.22. The molecule has 2 heterocycles. The van der Waals surface area contributed by atoms with Gasteiger partial charge in [0.25, 0.3) is 0 Å². The van der Waals surface area contributed by atoms with Crippen LogP contribution in [0.2, 0.25) is 0 Å². The van der Waals surface area contributed by atoms with Crippen molar-refractivity contribution in [3.05, 3.63) is 58.1 Å². The van der Waals surface area contributed by atoms with Crippen molar-refractivity contribution in [2.45, 2.75) is 19.9 Å². The molecule has 0 aliphatic carbocycles. The van der Waals surface area contributed by atoms with E-state index >= 15 is 0 Å². The number of benzene rings is 1. The number of aromatic nitrogens is 3. The van der Waals surface area contributed by atoms with Crippen molar-refractivity contribution >= 4 is 23.3 Å². The number of imidazole rings is 1. The summed E-state index contributed by atoms with van der Waals surface area (Å²) in [6.07, 6.45) is 2.50. The van der Waals surface area contributed by atoms with Crippen molar-refractivity contribution in [2.75, 3.05) is 0 Å². The zero-order valence-electron chi connectivity index (χ0n) is 11.4. The number of aryl methyl sites for hydroxylation is 1. The number of nitrogens with zero attached hydrogens (tertiary/aromatic N) is 2. The number of hydrogen-bond donors (Lipinski definition) is 1. The quantitative estimate of drug-likeness (QED) is 0.743. The van der Waals surface area contributed by atoms with E-state index in [1.165, 1.54) is 6.07 Å².